The van der Waals surface area contributed by atoms with E-state index in [0.29, 0.717) is 17.2 Å². The first-order chi connectivity index (χ1) is 15.0. The van der Waals surface area contributed by atoms with E-state index in [2.05, 4.69) is 38.4 Å². The summed E-state index contributed by atoms with van der Waals surface area (Å²) in [5.74, 6) is 0.815. The van der Waals surface area contributed by atoms with Crippen LogP contribution in [0, 0.1) is 16.3 Å². The molecule has 3 rings (SSSR count). The number of urea groups is 1. The lowest BCUT2D eigenvalue weighted by molar-refractivity contribution is 0.252. The van der Waals surface area contributed by atoms with Crippen LogP contribution in [0.4, 0.5) is 14.9 Å². The molecule has 2 amide bonds. The average Bonchev–Trinajstić information content (AvgIpc) is 2.75. The molecule has 0 spiro atoms. The number of benzene rings is 3. The number of carbonyl (C=O) groups is 1. The van der Waals surface area contributed by atoms with E-state index >= 15 is 0 Å². The van der Waals surface area contributed by atoms with Gasteiger partial charge >= 0.3 is 6.03 Å². The van der Waals surface area contributed by atoms with Crippen LogP contribution in [0.5, 0.6) is 11.5 Å². The maximum atomic E-state index is 13.1. The Balaban J connectivity index is 1.64. The first-order valence-corrected chi connectivity index (χ1v) is 10.4. The Kier molecular flexibility index (Phi) is 7.82. The van der Waals surface area contributed by atoms with Gasteiger partial charge in [0, 0.05) is 5.69 Å². The topological polar surface area (TPSA) is 72.0 Å². The van der Waals surface area contributed by atoms with Gasteiger partial charge in [-0.2, -0.15) is 5.10 Å². The first kappa shape index (κ1) is 22.5. The van der Waals surface area contributed by atoms with Crippen molar-refractivity contribution in [2.75, 3.05) is 12.4 Å². The van der Waals surface area contributed by atoms with Crippen LogP contribution in [-0.2, 0) is 6.61 Å². The zero-order chi connectivity index (χ0) is 22.2. The normalized spacial score (nSPS) is 10.7. The van der Waals surface area contributed by atoms with E-state index in [9.17, 15) is 9.18 Å². The molecule has 8 heteroatoms. The molecule has 0 heterocycles. The van der Waals surface area contributed by atoms with E-state index in [1.165, 1.54) is 18.3 Å². The highest BCUT2D eigenvalue weighted by molar-refractivity contribution is 14.1. The fourth-order valence-corrected chi connectivity index (χ4v) is 3.50. The van der Waals surface area contributed by atoms with Gasteiger partial charge in [-0.05, 0) is 76.5 Å². The molecule has 0 unspecified atom stereocenters. The molecule has 6 nitrogen and oxygen atoms in total. The van der Waals surface area contributed by atoms with Crippen LogP contribution in [0.15, 0.2) is 65.8 Å². The Morgan fingerprint density at radius 1 is 1.16 bits per heavy atom. The number of ether oxygens (including phenoxy) is 2. The maximum Gasteiger partial charge on any atom is 0.339 e. The Morgan fingerprint density at radius 3 is 2.61 bits per heavy atom. The summed E-state index contributed by atoms with van der Waals surface area (Å²) in [6.45, 7) is 2.19. The lowest BCUT2D eigenvalue weighted by Crippen LogP contribution is -2.24. The van der Waals surface area contributed by atoms with E-state index in [-0.39, 0.29) is 12.4 Å². The minimum atomic E-state index is -0.438. The number of halogens is 2. The number of carbonyl (C=O) groups excluding carboxylic acids is 1. The van der Waals surface area contributed by atoms with Crippen molar-refractivity contribution in [2.45, 2.75) is 13.5 Å². The molecule has 0 radical (unpaired) electrons. The first-order valence-electron chi connectivity index (χ1n) is 9.36. The third-order valence-corrected chi connectivity index (χ3v) is 5.12. The number of methoxy groups -OCH3 is 1. The van der Waals surface area contributed by atoms with Gasteiger partial charge < -0.3 is 14.8 Å². The lowest BCUT2D eigenvalue weighted by atomic mass is 10.2. The van der Waals surface area contributed by atoms with Crippen molar-refractivity contribution in [3.05, 3.63) is 86.7 Å². The standard InChI is InChI=1S/C23H21FIN3O3/c1-15-5-3-4-6-20(15)27-23(29)28-26-13-17-11-19(25)22(21(12-17)30-2)31-14-16-7-9-18(24)10-8-16/h3-13H,14H2,1-2H3,(H2,27,28,29). The summed E-state index contributed by atoms with van der Waals surface area (Å²) in [6.07, 6.45) is 1.52. The van der Waals surface area contributed by atoms with Crippen molar-refractivity contribution < 1.29 is 18.7 Å². The Hall–Kier alpha value is -3.14. The van der Waals surface area contributed by atoms with Crippen molar-refractivity contribution in [2.24, 2.45) is 5.10 Å². The summed E-state index contributed by atoms with van der Waals surface area (Å²) in [7, 11) is 1.55. The minimum absolute atomic E-state index is 0.278. The third-order valence-electron chi connectivity index (χ3n) is 4.32. The largest absolute Gasteiger partial charge is 0.493 e. The van der Waals surface area contributed by atoms with Gasteiger partial charge in [0.2, 0.25) is 0 Å². The molecule has 0 bridgehead atoms. The number of para-hydroxylation sites is 1. The fraction of sp³-hybridized carbons (Fsp3) is 0.130. The van der Waals surface area contributed by atoms with E-state index < -0.39 is 6.03 Å². The number of nitrogens with one attached hydrogen (secondary N) is 2. The molecule has 0 saturated carbocycles. The molecule has 0 saturated heterocycles. The molecule has 0 aliphatic carbocycles. The highest BCUT2D eigenvalue weighted by Crippen LogP contribution is 2.34. The van der Waals surface area contributed by atoms with Gasteiger partial charge in [-0.1, -0.05) is 30.3 Å². The molecule has 0 atom stereocenters. The molecule has 2 N–H and O–H groups in total. The van der Waals surface area contributed by atoms with Crippen molar-refractivity contribution in [3.63, 3.8) is 0 Å². The Labute approximate surface area is 193 Å². The lowest BCUT2D eigenvalue weighted by Gasteiger charge is -2.13. The predicted molar refractivity (Wildman–Crippen MR) is 127 cm³/mol. The third kappa shape index (κ3) is 6.42. The van der Waals surface area contributed by atoms with Crippen LogP contribution in [0.25, 0.3) is 0 Å². The van der Waals surface area contributed by atoms with Crippen LogP contribution in [0.1, 0.15) is 16.7 Å². The number of nitrogens with zero attached hydrogens (tertiary/aromatic N) is 1. The number of hydrogen-bond donors (Lipinski definition) is 2. The Morgan fingerprint density at radius 2 is 1.90 bits per heavy atom. The summed E-state index contributed by atoms with van der Waals surface area (Å²) in [4.78, 5) is 12.0. The number of hydrogen-bond acceptors (Lipinski definition) is 4. The Bertz CT molecular complexity index is 1090. The summed E-state index contributed by atoms with van der Waals surface area (Å²) in [5.41, 5.74) is 5.69. The number of anilines is 1. The van der Waals surface area contributed by atoms with Gasteiger partial charge in [-0.3, -0.25) is 0 Å². The number of hydrazone groups is 1. The number of amides is 2. The van der Waals surface area contributed by atoms with Crippen LogP contribution in [0.3, 0.4) is 0 Å². The predicted octanol–water partition coefficient (Wildman–Crippen LogP) is 5.48. The zero-order valence-corrected chi connectivity index (χ0v) is 19.1. The van der Waals surface area contributed by atoms with Crippen molar-refractivity contribution in [3.8, 4) is 11.5 Å². The van der Waals surface area contributed by atoms with Gasteiger partial charge in [0.05, 0.1) is 16.9 Å². The van der Waals surface area contributed by atoms with E-state index in [1.807, 2.05) is 37.3 Å². The average molecular weight is 533 g/mol. The summed E-state index contributed by atoms with van der Waals surface area (Å²) < 4.78 is 25.2. The van der Waals surface area contributed by atoms with Crippen LogP contribution in [-0.4, -0.2) is 19.4 Å². The molecule has 0 aromatic heterocycles. The number of aryl methyl sites for hydroxylation is 1. The molecule has 0 fully saturated rings. The van der Waals surface area contributed by atoms with E-state index in [4.69, 9.17) is 9.47 Å². The van der Waals surface area contributed by atoms with E-state index in [0.717, 1.165) is 20.3 Å². The second kappa shape index (κ2) is 10.8. The SMILES string of the molecule is COc1cc(C=NNC(=O)Nc2ccccc2C)cc(I)c1OCc1ccc(F)cc1. The highest BCUT2D eigenvalue weighted by Gasteiger charge is 2.12. The molecule has 0 aliphatic heterocycles. The monoisotopic (exact) mass is 533 g/mol. The minimum Gasteiger partial charge on any atom is -0.493 e. The number of rotatable bonds is 7. The summed E-state index contributed by atoms with van der Waals surface area (Å²) >= 11 is 2.14. The van der Waals surface area contributed by atoms with Crippen molar-refractivity contribution in [1.29, 1.82) is 0 Å². The van der Waals surface area contributed by atoms with Crippen LogP contribution in [0.2, 0.25) is 0 Å². The molecule has 160 valence electrons. The molecule has 0 aliphatic rings. The maximum absolute atomic E-state index is 13.1. The van der Waals surface area contributed by atoms with Crippen molar-refractivity contribution in [1.82, 2.24) is 5.43 Å². The molecule has 3 aromatic carbocycles. The molecular weight excluding hydrogens is 512 g/mol. The van der Waals surface area contributed by atoms with Crippen LogP contribution < -0.4 is 20.2 Å². The molecule has 31 heavy (non-hydrogen) atoms. The summed E-state index contributed by atoms with van der Waals surface area (Å²) in [6, 6.07) is 16.8. The zero-order valence-electron chi connectivity index (χ0n) is 17.0. The molecular formula is C23H21FIN3O3. The second-order valence-electron chi connectivity index (χ2n) is 6.59. The van der Waals surface area contributed by atoms with Gasteiger partial charge in [0.1, 0.15) is 12.4 Å². The quantitative estimate of drug-likeness (QED) is 0.240. The van der Waals surface area contributed by atoms with Gasteiger partial charge in [0.25, 0.3) is 0 Å². The second-order valence-corrected chi connectivity index (χ2v) is 7.75. The smallest absolute Gasteiger partial charge is 0.339 e. The highest BCUT2D eigenvalue weighted by atomic mass is 127. The van der Waals surface area contributed by atoms with Crippen molar-refractivity contribution >= 4 is 40.5 Å². The van der Waals surface area contributed by atoms with Gasteiger partial charge in [-0.25, -0.2) is 14.6 Å². The van der Waals surface area contributed by atoms with Gasteiger partial charge in [0.15, 0.2) is 11.5 Å². The summed E-state index contributed by atoms with van der Waals surface area (Å²) in [5, 5.41) is 6.73. The van der Waals surface area contributed by atoms with Gasteiger partial charge in [-0.15, -0.1) is 0 Å². The molecule has 3 aromatic rings. The fourth-order valence-electron chi connectivity index (χ4n) is 2.72. The van der Waals surface area contributed by atoms with E-state index in [1.54, 1.807) is 25.3 Å². The van der Waals surface area contributed by atoms with Crippen LogP contribution >= 0.6 is 22.6 Å².